The van der Waals surface area contributed by atoms with Crippen molar-refractivity contribution in [1.29, 1.82) is 0 Å². The van der Waals surface area contributed by atoms with Gasteiger partial charge in [-0.15, -0.1) is 0 Å². The van der Waals surface area contributed by atoms with Gasteiger partial charge in [0.25, 0.3) is 0 Å². The summed E-state index contributed by atoms with van der Waals surface area (Å²) in [7, 11) is 0. The first-order valence-corrected chi connectivity index (χ1v) is 6.64. The average molecular weight is 211 g/mol. The lowest BCUT2D eigenvalue weighted by Crippen LogP contribution is -2.33. The quantitative estimate of drug-likeness (QED) is 0.775. The Bertz CT molecular complexity index is 199. The summed E-state index contributed by atoms with van der Waals surface area (Å²) in [5.41, 5.74) is 0.645. The smallest absolute Gasteiger partial charge is 0.0664 e. The highest BCUT2D eigenvalue weighted by Gasteiger charge is 2.38. The first-order chi connectivity index (χ1) is 7.24. The van der Waals surface area contributed by atoms with E-state index in [9.17, 15) is 5.11 Å². The minimum atomic E-state index is -0.108. The first kappa shape index (κ1) is 11.4. The Balaban J connectivity index is 1.82. The molecular weight excluding hydrogens is 186 g/mol. The summed E-state index contributed by atoms with van der Waals surface area (Å²) in [6.07, 6.45) is 9.35. The maximum absolute atomic E-state index is 9.66. The molecule has 1 aliphatic carbocycles. The molecule has 1 atom stereocenters. The fraction of sp³-hybridized carbons (Fsp3) is 1.00. The second kappa shape index (κ2) is 4.84. The van der Waals surface area contributed by atoms with Gasteiger partial charge in [-0.1, -0.05) is 26.2 Å². The van der Waals surface area contributed by atoms with E-state index in [4.69, 9.17) is 0 Å². The van der Waals surface area contributed by atoms with Crippen LogP contribution in [0.4, 0.5) is 0 Å². The summed E-state index contributed by atoms with van der Waals surface area (Å²) in [5.74, 6) is 0. The Morgan fingerprint density at radius 1 is 1.20 bits per heavy atom. The van der Waals surface area contributed by atoms with Crippen molar-refractivity contribution in [2.45, 2.75) is 58.0 Å². The SMILES string of the molecule is CCC(O)CN1CCC2(CCCCC2)C1. The van der Waals surface area contributed by atoms with Crippen molar-refractivity contribution in [2.24, 2.45) is 5.41 Å². The van der Waals surface area contributed by atoms with Gasteiger partial charge >= 0.3 is 0 Å². The lowest BCUT2D eigenvalue weighted by atomic mass is 9.73. The molecule has 1 heterocycles. The van der Waals surface area contributed by atoms with Crippen LogP contribution in [0.1, 0.15) is 51.9 Å². The lowest BCUT2D eigenvalue weighted by molar-refractivity contribution is 0.108. The minimum absolute atomic E-state index is 0.108. The van der Waals surface area contributed by atoms with Gasteiger partial charge in [-0.05, 0) is 37.6 Å². The van der Waals surface area contributed by atoms with Crippen LogP contribution in [0, 0.1) is 5.41 Å². The predicted octanol–water partition coefficient (Wildman–Crippen LogP) is 2.41. The van der Waals surface area contributed by atoms with Gasteiger partial charge in [0.05, 0.1) is 6.10 Å². The second-order valence-electron chi connectivity index (χ2n) is 5.61. The highest BCUT2D eigenvalue weighted by molar-refractivity contribution is 4.92. The standard InChI is InChI=1S/C13H25NO/c1-2-12(15)10-14-9-8-13(11-14)6-4-3-5-7-13/h12,15H,2-11H2,1H3. The van der Waals surface area contributed by atoms with Crippen LogP contribution in [0.3, 0.4) is 0 Å². The summed E-state index contributed by atoms with van der Waals surface area (Å²) in [4.78, 5) is 2.49. The molecule has 1 aliphatic heterocycles. The van der Waals surface area contributed by atoms with Crippen molar-refractivity contribution >= 4 is 0 Å². The largest absolute Gasteiger partial charge is 0.392 e. The average Bonchev–Trinajstić information content (AvgIpc) is 2.62. The number of aliphatic hydroxyl groups is 1. The second-order valence-corrected chi connectivity index (χ2v) is 5.61. The predicted molar refractivity (Wildman–Crippen MR) is 62.9 cm³/mol. The maximum atomic E-state index is 9.66. The Kier molecular flexibility index (Phi) is 3.68. The number of hydrogen-bond donors (Lipinski definition) is 1. The Morgan fingerprint density at radius 3 is 2.60 bits per heavy atom. The van der Waals surface area contributed by atoms with E-state index in [-0.39, 0.29) is 6.10 Å². The van der Waals surface area contributed by atoms with Crippen LogP contribution in [0.5, 0.6) is 0 Å². The van der Waals surface area contributed by atoms with Gasteiger partial charge < -0.3 is 10.0 Å². The summed E-state index contributed by atoms with van der Waals surface area (Å²) in [6.45, 7) is 5.44. The molecule has 0 aromatic heterocycles. The number of aliphatic hydroxyl groups excluding tert-OH is 1. The molecule has 2 fully saturated rings. The number of likely N-dealkylation sites (tertiary alicyclic amines) is 1. The molecule has 1 saturated heterocycles. The Labute approximate surface area is 93.7 Å². The van der Waals surface area contributed by atoms with E-state index in [1.165, 1.54) is 51.6 Å². The van der Waals surface area contributed by atoms with Crippen LogP contribution in [0.2, 0.25) is 0 Å². The minimum Gasteiger partial charge on any atom is -0.392 e. The van der Waals surface area contributed by atoms with Crippen molar-refractivity contribution in [2.75, 3.05) is 19.6 Å². The van der Waals surface area contributed by atoms with Gasteiger partial charge in [0.1, 0.15) is 0 Å². The normalized spacial score (nSPS) is 28.4. The monoisotopic (exact) mass is 211 g/mol. The van der Waals surface area contributed by atoms with Crippen molar-refractivity contribution in [3.63, 3.8) is 0 Å². The van der Waals surface area contributed by atoms with Crippen LogP contribution in [0.25, 0.3) is 0 Å². The molecule has 2 aliphatic rings. The van der Waals surface area contributed by atoms with Crippen LogP contribution in [-0.2, 0) is 0 Å². The van der Waals surface area contributed by atoms with Gasteiger partial charge in [0.2, 0.25) is 0 Å². The summed E-state index contributed by atoms with van der Waals surface area (Å²) in [6, 6.07) is 0. The van der Waals surface area contributed by atoms with E-state index in [1.807, 2.05) is 0 Å². The van der Waals surface area contributed by atoms with Gasteiger partial charge in [-0.25, -0.2) is 0 Å². The van der Waals surface area contributed by atoms with Gasteiger partial charge in [-0.2, -0.15) is 0 Å². The van der Waals surface area contributed by atoms with Crippen LogP contribution in [-0.4, -0.2) is 35.7 Å². The molecule has 15 heavy (non-hydrogen) atoms. The van der Waals surface area contributed by atoms with Gasteiger partial charge in [-0.3, -0.25) is 0 Å². The molecule has 0 aromatic carbocycles. The van der Waals surface area contributed by atoms with Gasteiger partial charge in [0.15, 0.2) is 0 Å². The summed E-state index contributed by atoms with van der Waals surface area (Å²) < 4.78 is 0. The first-order valence-electron chi connectivity index (χ1n) is 6.64. The van der Waals surface area contributed by atoms with Crippen molar-refractivity contribution < 1.29 is 5.11 Å². The number of β-amino-alcohol motifs (C(OH)–C–C–N with tert-alkyl or cyclic N) is 1. The zero-order valence-electron chi connectivity index (χ0n) is 10.0. The summed E-state index contributed by atoms with van der Waals surface area (Å²) in [5, 5.41) is 9.66. The zero-order chi connectivity index (χ0) is 10.7. The fourth-order valence-electron chi connectivity index (χ4n) is 3.32. The number of hydrogen-bond acceptors (Lipinski definition) is 2. The highest BCUT2D eigenvalue weighted by atomic mass is 16.3. The molecular formula is C13H25NO. The molecule has 88 valence electrons. The molecule has 0 radical (unpaired) electrons. The third-order valence-corrected chi connectivity index (χ3v) is 4.37. The molecule has 1 saturated carbocycles. The summed E-state index contributed by atoms with van der Waals surface area (Å²) >= 11 is 0. The van der Waals surface area contributed by atoms with Crippen molar-refractivity contribution in [1.82, 2.24) is 4.90 Å². The van der Waals surface area contributed by atoms with E-state index >= 15 is 0 Å². The van der Waals surface area contributed by atoms with E-state index in [0.29, 0.717) is 5.41 Å². The zero-order valence-corrected chi connectivity index (χ0v) is 10.0. The van der Waals surface area contributed by atoms with Gasteiger partial charge in [0, 0.05) is 13.1 Å². The number of rotatable bonds is 3. The van der Waals surface area contributed by atoms with Crippen molar-refractivity contribution in [3.8, 4) is 0 Å². The third-order valence-electron chi connectivity index (χ3n) is 4.37. The van der Waals surface area contributed by atoms with E-state index in [0.717, 1.165) is 13.0 Å². The molecule has 1 unspecified atom stereocenters. The van der Waals surface area contributed by atoms with Crippen LogP contribution in [0.15, 0.2) is 0 Å². The van der Waals surface area contributed by atoms with Crippen molar-refractivity contribution in [3.05, 3.63) is 0 Å². The molecule has 1 N–H and O–H groups in total. The van der Waals surface area contributed by atoms with E-state index in [1.54, 1.807) is 0 Å². The Hall–Kier alpha value is -0.0800. The number of nitrogens with zero attached hydrogens (tertiary/aromatic N) is 1. The molecule has 0 bridgehead atoms. The maximum Gasteiger partial charge on any atom is 0.0664 e. The molecule has 0 amide bonds. The molecule has 2 heteroatoms. The Morgan fingerprint density at radius 2 is 1.93 bits per heavy atom. The van der Waals surface area contributed by atoms with E-state index in [2.05, 4.69) is 11.8 Å². The molecule has 1 spiro atoms. The highest BCUT2D eigenvalue weighted by Crippen LogP contribution is 2.43. The lowest BCUT2D eigenvalue weighted by Gasteiger charge is -2.33. The fourth-order valence-corrected chi connectivity index (χ4v) is 3.32. The third kappa shape index (κ3) is 2.73. The van der Waals surface area contributed by atoms with Crippen LogP contribution >= 0.6 is 0 Å². The molecule has 2 nitrogen and oxygen atoms in total. The molecule has 2 rings (SSSR count). The van der Waals surface area contributed by atoms with Crippen LogP contribution < -0.4 is 0 Å². The molecule has 0 aromatic rings. The topological polar surface area (TPSA) is 23.5 Å². The van der Waals surface area contributed by atoms with E-state index < -0.39 is 0 Å².